The van der Waals surface area contributed by atoms with E-state index in [0.29, 0.717) is 13.1 Å². The van der Waals surface area contributed by atoms with Crippen molar-refractivity contribution < 1.29 is 4.79 Å². The molecule has 0 saturated heterocycles. The molecule has 2 N–H and O–H groups in total. The molecule has 2 rings (SSSR count). The first-order valence-corrected chi connectivity index (χ1v) is 7.18. The third kappa shape index (κ3) is 2.21. The van der Waals surface area contributed by atoms with Gasteiger partial charge < -0.3 is 10.6 Å². The van der Waals surface area contributed by atoms with Crippen LogP contribution >= 0.6 is 0 Å². The zero-order valence-corrected chi connectivity index (χ0v) is 12.2. The Morgan fingerprint density at radius 2 is 2.05 bits per heavy atom. The quantitative estimate of drug-likeness (QED) is 0.829. The first-order valence-electron chi connectivity index (χ1n) is 7.18. The van der Waals surface area contributed by atoms with Gasteiger partial charge >= 0.3 is 0 Å². The van der Waals surface area contributed by atoms with E-state index in [1.54, 1.807) is 0 Å². The molecule has 20 heavy (non-hydrogen) atoms. The van der Waals surface area contributed by atoms with Gasteiger partial charge in [0.15, 0.2) is 0 Å². The smallest absolute Gasteiger partial charge is 0.233 e. The van der Waals surface area contributed by atoms with Crippen LogP contribution in [0.4, 0.5) is 0 Å². The number of carbonyl (C=O) groups excluding carboxylic acids is 1. The van der Waals surface area contributed by atoms with E-state index >= 15 is 0 Å². The molecule has 1 aromatic carbocycles. The van der Waals surface area contributed by atoms with E-state index in [0.717, 1.165) is 12.0 Å². The Balaban J connectivity index is 2.39. The van der Waals surface area contributed by atoms with Crippen molar-refractivity contribution in [1.29, 1.82) is 0 Å². The van der Waals surface area contributed by atoms with Crippen LogP contribution in [0.15, 0.2) is 30.3 Å². The van der Waals surface area contributed by atoms with Crippen LogP contribution in [0.25, 0.3) is 0 Å². The topological polar surface area (TPSA) is 46.3 Å². The number of likely N-dealkylation sites (N-methyl/N-ethyl adjacent to an activating group) is 1. The number of nitrogens with two attached hydrogens (primary N) is 1. The second-order valence-electron chi connectivity index (χ2n) is 5.32. The minimum atomic E-state index is -0.515. The number of benzene rings is 1. The first kappa shape index (κ1) is 14.6. The maximum absolute atomic E-state index is 12.9. The number of terminal acetylenes is 1. The monoisotopic (exact) mass is 270 g/mol. The van der Waals surface area contributed by atoms with Crippen LogP contribution in [0.1, 0.15) is 25.8 Å². The Bertz CT molecular complexity index is 516. The van der Waals surface area contributed by atoms with Crippen LogP contribution in [-0.2, 0) is 10.2 Å². The van der Waals surface area contributed by atoms with Gasteiger partial charge in [0.2, 0.25) is 5.91 Å². The summed E-state index contributed by atoms with van der Waals surface area (Å²) in [5.41, 5.74) is 6.53. The minimum absolute atomic E-state index is 0.0444. The fraction of sp³-hybridized carbons (Fsp3) is 0.471. The zero-order chi connectivity index (χ0) is 14.8. The highest BCUT2D eigenvalue weighted by atomic mass is 16.2. The molecule has 1 amide bonds. The number of hydrogen-bond acceptors (Lipinski definition) is 2. The Morgan fingerprint density at radius 3 is 2.55 bits per heavy atom. The van der Waals surface area contributed by atoms with Gasteiger partial charge in [-0.15, -0.1) is 6.42 Å². The van der Waals surface area contributed by atoms with Crippen LogP contribution < -0.4 is 5.73 Å². The Morgan fingerprint density at radius 1 is 1.45 bits per heavy atom. The number of rotatable bonds is 5. The molecule has 0 heterocycles. The van der Waals surface area contributed by atoms with E-state index < -0.39 is 5.41 Å². The SMILES string of the molecule is C#C[C@@H](N)[C@@H]1C[C@@]1(C(=O)N(CC)CC)c1ccccc1. The molecule has 106 valence electrons. The lowest BCUT2D eigenvalue weighted by Crippen LogP contribution is -2.42. The van der Waals surface area contributed by atoms with Gasteiger partial charge in [-0.05, 0) is 25.8 Å². The molecule has 1 saturated carbocycles. The van der Waals surface area contributed by atoms with Crippen molar-refractivity contribution in [2.45, 2.75) is 31.7 Å². The lowest BCUT2D eigenvalue weighted by atomic mass is 9.89. The van der Waals surface area contributed by atoms with E-state index in [-0.39, 0.29) is 17.9 Å². The molecule has 0 unspecified atom stereocenters. The average Bonchev–Trinajstić information content (AvgIpc) is 3.25. The molecule has 3 atom stereocenters. The summed E-state index contributed by atoms with van der Waals surface area (Å²) in [5.74, 6) is 2.79. The summed E-state index contributed by atoms with van der Waals surface area (Å²) in [6, 6.07) is 9.52. The summed E-state index contributed by atoms with van der Waals surface area (Å²) in [7, 11) is 0. The minimum Gasteiger partial charge on any atom is -0.342 e. The highest BCUT2D eigenvalue weighted by Crippen LogP contribution is 2.56. The number of carbonyl (C=O) groups is 1. The third-order valence-corrected chi connectivity index (χ3v) is 4.36. The van der Waals surface area contributed by atoms with E-state index in [4.69, 9.17) is 12.2 Å². The first-order chi connectivity index (χ1) is 9.61. The van der Waals surface area contributed by atoms with Crippen molar-refractivity contribution in [2.75, 3.05) is 13.1 Å². The van der Waals surface area contributed by atoms with E-state index in [2.05, 4.69) is 5.92 Å². The number of amides is 1. The fourth-order valence-electron chi connectivity index (χ4n) is 3.07. The standard InChI is InChI=1S/C17H22N2O/c1-4-15(18)14-12-17(14,13-10-8-7-9-11-13)16(20)19(5-2)6-3/h1,7-11,14-15H,5-6,12,18H2,2-3H3/t14-,15+,17+/m0/s1. The predicted octanol–water partition coefficient (Wildman–Crippen LogP) is 1.77. The molecule has 0 aliphatic heterocycles. The van der Waals surface area contributed by atoms with Gasteiger partial charge in [-0.1, -0.05) is 36.3 Å². The summed E-state index contributed by atoms with van der Waals surface area (Å²) < 4.78 is 0. The highest BCUT2D eigenvalue weighted by molar-refractivity contribution is 5.92. The van der Waals surface area contributed by atoms with Gasteiger partial charge in [0.05, 0.1) is 11.5 Å². The fourth-order valence-corrected chi connectivity index (χ4v) is 3.07. The molecule has 3 heteroatoms. The summed E-state index contributed by atoms with van der Waals surface area (Å²) in [6.07, 6.45) is 6.20. The number of nitrogens with zero attached hydrogens (tertiary/aromatic N) is 1. The second-order valence-corrected chi connectivity index (χ2v) is 5.32. The molecule has 1 aliphatic carbocycles. The van der Waals surface area contributed by atoms with Crippen LogP contribution in [-0.4, -0.2) is 29.9 Å². The van der Waals surface area contributed by atoms with E-state index in [1.165, 1.54) is 0 Å². The van der Waals surface area contributed by atoms with Crippen LogP contribution in [0.3, 0.4) is 0 Å². The van der Waals surface area contributed by atoms with Gasteiger partial charge in [-0.3, -0.25) is 4.79 Å². The third-order valence-electron chi connectivity index (χ3n) is 4.36. The van der Waals surface area contributed by atoms with Crippen molar-refractivity contribution in [3.8, 4) is 12.3 Å². The maximum atomic E-state index is 12.9. The Labute approximate surface area is 121 Å². The molecule has 0 radical (unpaired) electrons. The predicted molar refractivity (Wildman–Crippen MR) is 81.0 cm³/mol. The van der Waals surface area contributed by atoms with Crippen molar-refractivity contribution in [2.24, 2.45) is 11.7 Å². The van der Waals surface area contributed by atoms with Crippen LogP contribution in [0.5, 0.6) is 0 Å². The van der Waals surface area contributed by atoms with Crippen molar-refractivity contribution in [1.82, 2.24) is 4.90 Å². The zero-order valence-electron chi connectivity index (χ0n) is 12.2. The molecule has 0 spiro atoms. The largest absolute Gasteiger partial charge is 0.342 e. The van der Waals surface area contributed by atoms with Gasteiger partial charge in [-0.25, -0.2) is 0 Å². The summed E-state index contributed by atoms with van der Waals surface area (Å²) in [4.78, 5) is 14.8. The molecular weight excluding hydrogens is 248 g/mol. The van der Waals surface area contributed by atoms with Crippen molar-refractivity contribution in [3.63, 3.8) is 0 Å². The normalized spacial score (nSPS) is 25.6. The van der Waals surface area contributed by atoms with Crippen molar-refractivity contribution >= 4 is 5.91 Å². The molecule has 1 aliphatic rings. The van der Waals surface area contributed by atoms with E-state index in [9.17, 15) is 4.79 Å². The summed E-state index contributed by atoms with van der Waals surface area (Å²) >= 11 is 0. The second kappa shape index (κ2) is 5.68. The Hall–Kier alpha value is -1.79. The lowest BCUT2D eigenvalue weighted by Gasteiger charge is -2.27. The highest BCUT2D eigenvalue weighted by Gasteiger charge is 2.63. The Kier molecular flexibility index (Phi) is 4.15. The van der Waals surface area contributed by atoms with Gasteiger partial charge in [0.1, 0.15) is 0 Å². The molecule has 1 fully saturated rings. The maximum Gasteiger partial charge on any atom is 0.233 e. The molecule has 0 bridgehead atoms. The summed E-state index contributed by atoms with van der Waals surface area (Å²) in [5, 5.41) is 0. The molecule has 0 aromatic heterocycles. The lowest BCUT2D eigenvalue weighted by molar-refractivity contribution is -0.134. The number of hydrogen-bond donors (Lipinski definition) is 1. The van der Waals surface area contributed by atoms with Gasteiger partial charge in [-0.2, -0.15) is 0 Å². The van der Waals surface area contributed by atoms with Gasteiger partial charge in [0, 0.05) is 19.0 Å². The molecular formula is C17H22N2O. The van der Waals surface area contributed by atoms with E-state index in [1.807, 2.05) is 49.1 Å². The summed E-state index contributed by atoms with van der Waals surface area (Å²) in [6.45, 7) is 5.42. The van der Waals surface area contributed by atoms with Crippen LogP contribution in [0, 0.1) is 18.3 Å². The van der Waals surface area contributed by atoms with Crippen molar-refractivity contribution in [3.05, 3.63) is 35.9 Å². The van der Waals surface area contributed by atoms with Gasteiger partial charge in [0.25, 0.3) is 0 Å². The molecule has 3 nitrogen and oxygen atoms in total. The molecule has 1 aromatic rings. The van der Waals surface area contributed by atoms with Crippen LogP contribution in [0.2, 0.25) is 0 Å². The average molecular weight is 270 g/mol.